The summed E-state index contributed by atoms with van der Waals surface area (Å²) in [5.41, 5.74) is 1.49. The van der Waals surface area contributed by atoms with Crippen molar-refractivity contribution in [3.63, 3.8) is 0 Å². The Hall–Kier alpha value is -2.50. The largest absolute Gasteiger partial charge is 0.381 e. The number of hydrogen-bond acceptors (Lipinski definition) is 3. The normalized spacial score (nSPS) is 10.3. The van der Waals surface area contributed by atoms with Gasteiger partial charge in [-0.15, -0.1) is 0 Å². The Morgan fingerprint density at radius 2 is 1.95 bits per heavy atom. The molecular weight excluding hydrogens is 266 g/mol. The van der Waals surface area contributed by atoms with Gasteiger partial charge >= 0.3 is 5.69 Å². The van der Waals surface area contributed by atoms with Crippen LogP contribution in [0.3, 0.4) is 0 Å². The van der Waals surface area contributed by atoms with Gasteiger partial charge in [-0.3, -0.25) is 10.1 Å². The van der Waals surface area contributed by atoms with Gasteiger partial charge in [-0.2, -0.15) is 4.39 Å². The summed E-state index contributed by atoms with van der Waals surface area (Å²) >= 11 is 0. The van der Waals surface area contributed by atoms with Gasteiger partial charge in [-0.25, -0.2) is 4.39 Å². The van der Waals surface area contributed by atoms with Gasteiger partial charge in [-0.05, 0) is 42.3 Å². The number of aryl methyl sites for hydroxylation is 1. The molecule has 1 N–H and O–H groups in total. The van der Waals surface area contributed by atoms with Crippen LogP contribution in [0.2, 0.25) is 0 Å². The van der Waals surface area contributed by atoms with Crippen molar-refractivity contribution >= 4 is 11.4 Å². The topological polar surface area (TPSA) is 55.2 Å². The monoisotopic (exact) mass is 278 g/mol. The zero-order valence-electron chi connectivity index (χ0n) is 10.7. The van der Waals surface area contributed by atoms with Crippen LogP contribution in [0.4, 0.5) is 20.2 Å². The molecular formula is C14H12F2N2O2. The molecule has 2 aromatic carbocycles. The second kappa shape index (κ2) is 5.64. The first kappa shape index (κ1) is 13.9. The van der Waals surface area contributed by atoms with Crippen molar-refractivity contribution in [3.05, 3.63) is 69.3 Å². The molecule has 0 spiro atoms. The molecule has 0 atom stereocenters. The smallest absolute Gasteiger partial charge is 0.306 e. The maximum Gasteiger partial charge on any atom is 0.306 e. The molecule has 0 bridgehead atoms. The zero-order valence-corrected chi connectivity index (χ0v) is 10.7. The molecule has 0 amide bonds. The Bertz CT molecular complexity index is 660. The molecule has 0 heterocycles. The molecule has 0 aliphatic rings. The average molecular weight is 278 g/mol. The van der Waals surface area contributed by atoms with Gasteiger partial charge in [-0.1, -0.05) is 6.07 Å². The first-order valence-corrected chi connectivity index (χ1v) is 5.90. The van der Waals surface area contributed by atoms with E-state index in [1.54, 1.807) is 13.0 Å². The molecule has 0 saturated carbocycles. The number of nitro benzene ring substituents is 1. The molecule has 20 heavy (non-hydrogen) atoms. The van der Waals surface area contributed by atoms with E-state index in [9.17, 15) is 18.9 Å². The lowest BCUT2D eigenvalue weighted by Gasteiger charge is -2.09. The SMILES string of the molecule is Cc1cc(F)ccc1CNc1ccc(F)c([N+](=O)[O-])c1. The summed E-state index contributed by atoms with van der Waals surface area (Å²) in [6.07, 6.45) is 0. The summed E-state index contributed by atoms with van der Waals surface area (Å²) < 4.78 is 26.1. The molecule has 4 nitrogen and oxygen atoms in total. The zero-order chi connectivity index (χ0) is 14.7. The molecule has 0 radical (unpaired) electrons. The Morgan fingerprint density at radius 3 is 2.60 bits per heavy atom. The molecule has 6 heteroatoms. The first-order valence-electron chi connectivity index (χ1n) is 5.90. The van der Waals surface area contributed by atoms with E-state index in [1.165, 1.54) is 18.2 Å². The van der Waals surface area contributed by atoms with E-state index in [1.807, 2.05) is 0 Å². The molecule has 2 aromatic rings. The number of hydrogen-bond donors (Lipinski definition) is 1. The second-order valence-corrected chi connectivity index (χ2v) is 4.35. The molecule has 0 aliphatic carbocycles. The fourth-order valence-corrected chi connectivity index (χ4v) is 1.82. The highest BCUT2D eigenvalue weighted by Crippen LogP contribution is 2.22. The maximum atomic E-state index is 13.2. The summed E-state index contributed by atoms with van der Waals surface area (Å²) in [6, 6.07) is 7.98. The lowest BCUT2D eigenvalue weighted by molar-refractivity contribution is -0.387. The van der Waals surface area contributed by atoms with Crippen LogP contribution in [0, 0.1) is 28.7 Å². The van der Waals surface area contributed by atoms with Crippen molar-refractivity contribution in [1.82, 2.24) is 0 Å². The quantitative estimate of drug-likeness (QED) is 0.683. The highest BCUT2D eigenvalue weighted by Gasteiger charge is 2.14. The minimum Gasteiger partial charge on any atom is -0.381 e. The van der Waals surface area contributed by atoms with Crippen LogP contribution < -0.4 is 5.32 Å². The van der Waals surface area contributed by atoms with E-state index in [0.29, 0.717) is 12.2 Å². The summed E-state index contributed by atoms with van der Waals surface area (Å²) in [5.74, 6) is -1.19. The van der Waals surface area contributed by atoms with Gasteiger partial charge in [0.2, 0.25) is 5.82 Å². The van der Waals surface area contributed by atoms with Crippen LogP contribution >= 0.6 is 0 Å². The average Bonchev–Trinajstić information content (AvgIpc) is 2.39. The van der Waals surface area contributed by atoms with Crippen molar-refractivity contribution in [3.8, 4) is 0 Å². The van der Waals surface area contributed by atoms with Gasteiger partial charge in [0.15, 0.2) is 0 Å². The summed E-state index contributed by atoms with van der Waals surface area (Å²) in [4.78, 5) is 9.86. The van der Waals surface area contributed by atoms with Crippen molar-refractivity contribution in [2.24, 2.45) is 0 Å². The van der Waals surface area contributed by atoms with Crippen molar-refractivity contribution in [1.29, 1.82) is 0 Å². The first-order chi connectivity index (χ1) is 9.47. The van der Waals surface area contributed by atoms with Crippen LogP contribution in [0.5, 0.6) is 0 Å². The van der Waals surface area contributed by atoms with Crippen LogP contribution in [-0.2, 0) is 6.54 Å². The third-order valence-electron chi connectivity index (χ3n) is 2.93. The number of rotatable bonds is 4. The van der Waals surface area contributed by atoms with Gasteiger partial charge in [0, 0.05) is 18.3 Å². The summed E-state index contributed by atoms with van der Waals surface area (Å²) in [7, 11) is 0. The van der Waals surface area contributed by atoms with Crippen LogP contribution in [0.15, 0.2) is 36.4 Å². The van der Waals surface area contributed by atoms with Gasteiger partial charge in [0.05, 0.1) is 4.92 Å². The van der Waals surface area contributed by atoms with E-state index >= 15 is 0 Å². The minimum absolute atomic E-state index is 0.316. The highest BCUT2D eigenvalue weighted by molar-refractivity contribution is 5.52. The fraction of sp³-hybridized carbons (Fsp3) is 0.143. The Balaban J connectivity index is 2.15. The number of halogens is 2. The molecule has 0 aliphatic heterocycles. The van der Waals surface area contributed by atoms with E-state index in [2.05, 4.69) is 5.32 Å². The fourth-order valence-electron chi connectivity index (χ4n) is 1.82. The lowest BCUT2D eigenvalue weighted by atomic mass is 10.1. The number of benzene rings is 2. The molecule has 0 unspecified atom stereocenters. The van der Waals surface area contributed by atoms with Gasteiger partial charge in [0.1, 0.15) is 5.82 Å². The standard InChI is InChI=1S/C14H12F2N2O2/c1-9-6-11(15)3-2-10(9)8-17-12-4-5-13(16)14(7-12)18(19)20/h2-7,17H,8H2,1H3. The van der Waals surface area contributed by atoms with E-state index in [0.717, 1.165) is 23.3 Å². The van der Waals surface area contributed by atoms with E-state index < -0.39 is 16.4 Å². The summed E-state index contributed by atoms with van der Waals surface area (Å²) in [6.45, 7) is 2.14. The molecule has 0 saturated heterocycles. The van der Waals surface area contributed by atoms with E-state index in [-0.39, 0.29) is 5.82 Å². The number of anilines is 1. The predicted octanol–water partition coefficient (Wildman–Crippen LogP) is 3.79. The predicted molar refractivity (Wildman–Crippen MR) is 71.5 cm³/mol. The van der Waals surface area contributed by atoms with E-state index in [4.69, 9.17) is 0 Å². The Labute approximate surface area is 114 Å². The van der Waals surface area contributed by atoms with Crippen LogP contribution in [0.1, 0.15) is 11.1 Å². The van der Waals surface area contributed by atoms with Gasteiger partial charge in [0.25, 0.3) is 0 Å². The van der Waals surface area contributed by atoms with Crippen molar-refractivity contribution < 1.29 is 13.7 Å². The van der Waals surface area contributed by atoms with Crippen molar-refractivity contribution in [2.75, 3.05) is 5.32 Å². The van der Waals surface area contributed by atoms with Gasteiger partial charge < -0.3 is 5.32 Å². The number of nitro groups is 1. The number of nitrogens with one attached hydrogen (secondary N) is 1. The third kappa shape index (κ3) is 3.09. The Kier molecular flexibility index (Phi) is 3.93. The molecule has 0 aromatic heterocycles. The third-order valence-corrected chi connectivity index (χ3v) is 2.93. The maximum absolute atomic E-state index is 13.2. The minimum atomic E-state index is -0.876. The lowest BCUT2D eigenvalue weighted by Crippen LogP contribution is -2.03. The van der Waals surface area contributed by atoms with Crippen molar-refractivity contribution in [2.45, 2.75) is 13.5 Å². The second-order valence-electron chi connectivity index (χ2n) is 4.35. The molecule has 0 fully saturated rings. The summed E-state index contributed by atoms with van der Waals surface area (Å²) in [5, 5.41) is 13.6. The Morgan fingerprint density at radius 1 is 1.20 bits per heavy atom. The molecule has 2 rings (SSSR count). The molecule has 104 valence electrons. The van der Waals surface area contributed by atoms with Crippen LogP contribution in [0.25, 0.3) is 0 Å². The number of nitrogens with zero attached hydrogens (tertiary/aromatic N) is 1. The van der Waals surface area contributed by atoms with Crippen LogP contribution in [-0.4, -0.2) is 4.92 Å². The highest BCUT2D eigenvalue weighted by atomic mass is 19.1.